The van der Waals surface area contributed by atoms with Crippen molar-refractivity contribution in [1.82, 2.24) is 0 Å². The molecule has 0 spiro atoms. The minimum Gasteiger partial charge on any atom is -0.459 e. The number of carbonyl (C=O) groups excluding carboxylic acids is 1. The van der Waals surface area contributed by atoms with Crippen LogP contribution in [-0.4, -0.2) is 45.4 Å². The molecule has 0 aromatic heterocycles. The van der Waals surface area contributed by atoms with Gasteiger partial charge in [0.1, 0.15) is 26.2 Å². The summed E-state index contributed by atoms with van der Waals surface area (Å²) in [6.45, 7) is 5.16. The number of morpholine rings is 1. The highest BCUT2D eigenvalue weighted by molar-refractivity contribution is 5.74. The van der Waals surface area contributed by atoms with Gasteiger partial charge < -0.3 is 14.4 Å². The van der Waals surface area contributed by atoms with E-state index < -0.39 is 0 Å². The first-order valence-corrected chi connectivity index (χ1v) is 6.11. The van der Waals surface area contributed by atoms with Crippen LogP contribution in [-0.2, 0) is 14.3 Å². The first-order valence-electron chi connectivity index (χ1n) is 6.11. The van der Waals surface area contributed by atoms with Gasteiger partial charge in [0.2, 0.25) is 0 Å². The lowest BCUT2D eigenvalue weighted by molar-refractivity contribution is -0.908. The number of hydrogen-bond acceptors (Lipinski definition) is 3. The second kappa shape index (κ2) is 6.01. The number of hydrogen-bond donors (Lipinski definition) is 1. The molecule has 2 aliphatic rings. The van der Waals surface area contributed by atoms with Crippen LogP contribution in [0, 0.1) is 5.92 Å². The van der Waals surface area contributed by atoms with Crippen molar-refractivity contribution in [3.8, 4) is 0 Å². The van der Waals surface area contributed by atoms with E-state index in [9.17, 15) is 4.79 Å². The number of carbonyl (C=O) groups is 1. The number of rotatable bonds is 4. The third-order valence-corrected chi connectivity index (χ3v) is 3.22. The van der Waals surface area contributed by atoms with Crippen molar-refractivity contribution in [3.63, 3.8) is 0 Å². The van der Waals surface area contributed by atoms with Gasteiger partial charge in [-0.15, -0.1) is 0 Å². The fourth-order valence-corrected chi connectivity index (χ4v) is 2.14. The van der Waals surface area contributed by atoms with Crippen LogP contribution in [0.25, 0.3) is 0 Å². The van der Waals surface area contributed by atoms with Crippen LogP contribution < -0.4 is 4.90 Å². The van der Waals surface area contributed by atoms with E-state index in [-0.39, 0.29) is 11.9 Å². The topological polar surface area (TPSA) is 40.0 Å². The summed E-state index contributed by atoms with van der Waals surface area (Å²) < 4.78 is 10.5. The van der Waals surface area contributed by atoms with Crippen LogP contribution in [0.5, 0.6) is 0 Å². The number of quaternary nitrogens is 1. The van der Waals surface area contributed by atoms with Crippen molar-refractivity contribution in [2.45, 2.75) is 12.8 Å². The predicted molar refractivity (Wildman–Crippen MR) is 59.2 cm³/mol. The van der Waals surface area contributed by atoms with Gasteiger partial charge in [-0.2, -0.15) is 0 Å². The summed E-state index contributed by atoms with van der Waals surface area (Å²) in [5, 5.41) is 0. The highest BCUT2D eigenvalue weighted by atomic mass is 16.5. The molecule has 0 radical (unpaired) electrons. The zero-order valence-corrected chi connectivity index (χ0v) is 9.61. The second-order valence-corrected chi connectivity index (χ2v) is 4.39. The molecule has 16 heavy (non-hydrogen) atoms. The highest BCUT2D eigenvalue weighted by Gasteiger charge is 2.20. The Balaban J connectivity index is 1.59. The van der Waals surface area contributed by atoms with Gasteiger partial charge in [-0.25, -0.2) is 0 Å². The van der Waals surface area contributed by atoms with Crippen molar-refractivity contribution in [2.24, 2.45) is 5.92 Å². The van der Waals surface area contributed by atoms with Gasteiger partial charge in [-0.3, -0.25) is 4.79 Å². The Bertz CT molecular complexity index is 259. The second-order valence-electron chi connectivity index (χ2n) is 4.39. The van der Waals surface area contributed by atoms with Crippen LogP contribution in [0.2, 0.25) is 0 Å². The minimum atomic E-state index is -0.0543. The van der Waals surface area contributed by atoms with Gasteiger partial charge >= 0.3 is 5.97 Å². The molecule has 1 fully saturated rings. The van der Waals surface area contributed by atoms with Crippen molar-refractivity contribution in [2.75, 3.05) is 39.5 Å². The third-order valence-electron chi connectivity index (χ3n) is 3.22. The van der Waals surface area contributed by atoms with Gasteiger partial charge in [0.05, 0.1) is 19.1 Å². The van der Waals surface area contributed by atoms with Gasteiger partial charge in [0.25, 0.3) is 0 Å². The molecule has 0 aromatic carbocycles. The largest absolute Gasteiger partial charge is 0.459 e. The monoisotopic (exact) mass is 226 g/mol. The van der Waals surface area contributed by atoms with E-state index in [0.29, 0.717) is 6.61 Å². The molecule has 1 unspecified atom stereocenters. The zero-order valence-electron chi connectivity index (χ0n) is 9.61. The molecule has 1 aliphatic carbocycles. The molecule has 4 nitrogen and oxygen atoms in total. The molecular formula is C12H20NO3+. The maximum atomic E-state index is 11.6. The number of ether oxygens (including phenoxy) is 2. The molecule has 0 amide bonds. The molecule has 1 atom stereocenters. The smallest absolute Gasteiger partial charge is 0.313 e. The van der Waals surface area contributed by atoms with Crippen LogP contribution >= 0.6 is 0 Å². The Kier molecular flexibility index (Phi) is 4.36. The fraction of sp³-hybridized carbons (Fsp3) is 0.750. The van der Waals surface area contributed by atoms with E-state index in [2.05, 4.69) is 6.08 Å². The van der Waals surface area contributed by atoms with Crippen LogP contribution in [0.15, 0.2) is 12.2 Å². The molecule has 4 heteroatoms. The SMILES string of the molecule is O=C(OCC[NH+]1CCOCC1)C1C=CCC1. The maximum absolute atomic E-state index is 11.6. The number of nitrogens with one attached hydrogen (secondary N) is 1. The number of esters is 1. The summed E-state index contributed by atoms with van der Waals surface area (Å²) in [5.74, 6) is -0.0406. The van der Waals surface area contributed by atoms with Crippen molar-refractivity contribution < 1.29 is 19.2 Å². The third kappa shape index (κ3) is 3.32. The van der Waals surface area contributed by atoms with Gasteiger partial charge in [0, 0.05) is 0 Å². The van der Waals surface area contributed by atoms with Crippen molar-refractivity contribution in [1.29, 1.82) is 0 Å². The minimum absolute atomic E-state index is 0.0136. The molecule has 1 heterocycles. The summed E-state index contributed by atoms with van der Waals surface area (Å²) in [7, 11) is 0. The van der Waals surface area contributed by atoms with Gasteiger partial charge in [-0.05, 0) is 12.8 Å². The molecule has 1 N–H and O–H groups in total. The van der Waals surface area contributed by atoms with E-state index >= 15 is 0 Å². The quantitative estimate of drug-likeness (QED) is 0.514. The summed E-state index contributed by atoms with van der Waals surface area (Å²) in [6.07, 6.45) is 5.95. The summed E-state index contributed by atoms with van der Waals surface area (Å²) in [6, 6.07) is 0. The van der Waals surface area contributed by atoms with Gasteiger partial charge in [-0.1, -0.05) is 12.2 Å². The molecule has 1 saturated heterocycles. The average Bonchev–Trinajstić information content (AvgIpc) is 2.84. The van der Waals surface area contributed by atoms with E-state index in [1.807, 2.05) is 6.08 Å². The van der Waals surface area contributed by atoms with Crippen molar-refractivity contribution >= 4 is 5.97 Å². The highest BCUT2D eigenvalue weighted by Crippen LogP contribution is 2.17. The molecular weight excluding hydrogens is 206 g/mol. The lowest BCUT2D eigenvalue weighted by atomic mass is 10.1. The Labute approximate surface area is 96.2 Å². The van der Waals surface area contributed by atoms with Crippen LogP contribution in [0.1, 0.15) is 12.8 Å². The van der Waals surface area contributed by atoms with Crippen LogP contribution in [0.4, 0.5) is 0 Å². The molecule has 2 rings (SSSR count). The number of allylic oxidation sites excluding steroid dienone is 1. The molecule has 90 valence electrons. The molecule has 0 bridgehead atoms. The van der Waals surface area contributed by atoms with E-state index in [0.717, 1.165) is 45.7 Å². The van der Waals surface area contributed by atoms with E-state index in [1.54, 1.807) is 0 Å². The maximum Gasteiger partial charge on any atom is 0.313 e. The molecule has 1 aliphatic heterocycles. The fourth-order valence-electron chi connectivity index (χ4n) is 2.14. The Morgan fingerprint density at radius 3 is 2.94 bits per heavy atom. The van der Waals surface area contributed by atoms with E-state index in [4.69, 9.17) is 9.47 Å². The first-order chi connectivity index (χ1) is 7.86. The normalized spacial score (nSPS) is 25.9. The summed E-state index contributed by atoms with van der Waals surface area (Å²) in [5.41, 5.74) is 0. The predicted octanol–water partition coefficient (Wildman–Crippen LogP) is -0.589. The van der Waals surface area contributed by atoms with Gasteiger partial charge in [0.15, 0.2) is 0 Å². The average molecular weight is 226 g/mol. The van der Waals surface area contributed by atoms with Crippen LogP contribution in [0.3, 0.4) is 0 Å². The van der Waals surface area contributed by atoms with Crippen molar-refractivity contribution in [3.05, 3.63) is 12.2 Å². The molecule has 0 aromatic rings. The zero-order chi connectivity index (χ0) is 11.2. The Morgan fingerprint density at radius 1 is 1.44 bits per heavy atom. The Morgan fingerprint density at radius 2 is 2.25 bits per heavy atom. The lowest BCUT2D eigenvalue weighted by Gasteiger charge is -2.23. The molecule has 0 saturated carbocycles. The lowest BCUT2D eigenvalue weighted by Crippen LogP contribution is -3.14. The first kappa shape index (κ1) is 11.6. The summed E-state index contributed by atoms with van der Waals surface area (Å²) in [4.78, 5) is 13.1. The summed E-state index contributed by atoms with van der Waals surface area (Å²) >= 11 is 0. The standard InChI is InChI=1S/C12H19NO3/c14-12(11-3-1-2-4-11)16-10-7-13-5-8-15-9-6-13/h1,3,11H,2,4-10H2/p+1. The Hall–Kier alpha value is -0.870. The van der Waals surface area contributed by atoms with E-state index in [1.165, 1.54) is 4.90 Å².